The first-order valence-corrected chi connectivity index (χ1v) is 7.06. The summed E-state index contributed by atoms with van der Waals surface area (Å²) < 4.78 is 0. The number of nitrogens with one attached hydrogen (secondary N) is 3. The quantitative estimate of drug-likeness (QED) is 0.264. The van der Waals surface area contributed by atoms with E-state index in [2.05, 4.69) is 16.0 Å². The fourth-order valence-electron chi connectivity index (χ4n) is 1.53. The molecule has 0 saturated carbocycles. The first-order chi connectivity index (χ1) is 10.6. The van der Waals surface area contributed by atoms with Gasteiger partial charge in [0.15, 0.2) is 0 Å². The lowest BCUT2D eigenvalue weighted by Gasteiger charge is -2.21. The third-order valence-electron chi connectivity index (χ3n) is 2.96. The molecule has 0 saturated heterocycles. The number of carboxylic acid groups (broad SMARTS) is 1. The molecule has 10 nitrogen and oxygen atoms in total. The monoisotopic (exact) mass is 332 g/mol. The summed E-state index contributed by atoms with van der Waals surface area (Å²) in [5, 5.41) is 24.5. The maximum atomic E-state index is 11.9. The second-order valence-corrected chi connectivity index (χ2v) is 5.36. The number of nitrogens with two attached hydrogens (primary N) is 1. The number of amides is 3. The van der Waals surface area contributed by atoms with Gasteiger partial charge in [0.05, 0.1) is 13.2 Å². The molecule has 3 unspecified atom stereocenters. The van der Waals surface area contributed by atoms with E-state index in [1.165, 1.54) is 6.92 Å². The summed E-state index contributed by atoms with van der Waals surface area (Å²) in [7, 11) is 0. The Bertz CT molecular complexity index is 454. The largest absolute Gasteiger partial charge is 0.480 e. The molecule has 3 amide bonds. The minimum atomic E-state index is -1.17. The summed E-state index contributed by atoms with van der Waals surface area (Å²) in [4.78, 5) is 45.7. The molecular weight excluding hydrogens is 308 g/mol. The van der Waals surface area contributed by atoms with Crippen LogP contribution in [0.15, 0.2) is 0 Å². The lowest BCUT2D eigenvalue weighted by molar-refractivity contribution is -0.143. The van der Waals surface area contributed by atoms with Gasteiger partial charge in [-0.05, 0) is 12.8 Å². The average Bonchev–Trinajstić information content (AvgIpc) is 2.48. The van der Waals surface area contributed by atoms with E-state index in [9.17, 15) is 19.2 Å². The summed E-state index contributed by atoms with van der Waals surface area (Å²) in [6, 6.07) is -3.18. The molecule has 0 fully saturated rings. The van der Waals surface area contributed by atoms with E-state index in [0.717, 1.165) is 0 Å². The van der Waals surface area contributed by atoms with Crippen molar-refractivity contribution in [3.63, 3.8) is 0 Å². The van der Waals surface area contributed by atoms with Crippen molar-refractivity contribution >= 4 is 23.7 Å². The van der Waals surface area contributed by atoms with Gasteiger partial charge in [-0.15, -0.1) is 0 Å². The van der Waals surface area contributed by atoms with E-state index < -0.39 is 55.0 Å². The first-order valence-electron chi connectivity index (χ1n) is 7.06. The maximum Gasteiger partial charge on any atom is 0.326 e. The topological polar surface area (TPSA) is 171 Å². The van der Waals surface area contributed by atoms with Crippen molar-refractivity contribution < 1.29 is 29.4 Å². The molecule has 0 aromatic rings. The Morgan fingerprint density at radius 1 is 1.04 bits per heavy atom. The van der Waals surface area contributed by atoms with Crippen molar-refractivity contribution in [1.82, 2.24) is 16.0 Å². The summed E-state index contributed by atoms with van der Waals surface area (Å²) in [6.45, 7) is 3.69. The minimum absolute atomic E-state index is 0.321. The zero-order valence-electron chi connectivity index (χ0n) is 13.3. The van der Waals surface area contributed by atoms with Gasteiger partial charge in [-0.2, -0.15) is 0 Å². The van der Waals surface area contributed by atoms with Gasteiger partial charge < -0.3 is 31.9 Å². The van der Waals surface area contributed by atoms with Crippen molar-refractivity contribution in [2.75, 3.05) is 13.2 Å². The number of carbonyl (C=O) groups excluding carboxylic acids is 3. The van der Waals surface area contributed by atoms with Gasteiger partial charge >= 0.3 is 5.97 Å². The highest BCUT2D eigenvalue weighted by atomic mass is 16.4. The van der Waals surface area contributed by atoms with Crippen LogP contribution < -0.4 is 21.7 Å². The van der Waals surface area contributed by atoms with Crippen molar-refractivity contribution in [3.05, 3.63) is 0 Å². The molecule has 0 aromatic heterocycles. The molecule has 7 N–H and O–H groups in total. The van der Waals surface area contributed by atoms with Crippen LogP contribution in [0.25, 0.3) is 0 Å². The van der Waals surface area contributed by atoms with E-state index in [0.29, 0.717) is 0 Å². The fraction of sp³-hybridized carbons (Fsp3) is 0.692. The van der Waals surface area contributed by atoms with Crippen LogP contribution in [0, 0.1) is 5.92 Å². The summed E-state index contributed by atoms with van der Waals surface area (Å²) in [5.74, 6) is -3.50. The SMILES string of the molecule is CC(NC(=O)CNC(=O)C(N)CO)C(=O)NC(C(=O)O)C(C)C. The van der Waals surface area contributed by atoms with Crippen LogP contribution >= 0.6 is 0 Å². The summed E-state index contributed by atoms with van der Waals surface area (Å²) >= 11 is 0. The zero-order chi connectivity index (χ0) is 18.2. The Morgan fingerprint density at radius 2 is 1.61 bits per heavy atom. The number of carbonyl (C=O) groups is 4. The minimum Gasteiger partial charge on any atom is -0.480 e. The van der Waals surface area contributed by atoms with Crippen LogP contribution in [0.5, 0.6) is 0 Å². The lowest BCUT2D eigenvalue weighted by Crippen LogP contribution is -2.53. The second-order valence-electron chi connectivity index (χ2n) is 5.36. The number of rotatable bonds is 9. The van der Waals surface area contributed by atoms with E-state index in [1.807, 2.05) is 0 Å². The van der Waals surface area contributed by atoms with E-state index in [-0.39, 0.29) is 5.92 Å². The zero-order valence-corrected chi connectivity index (χ0v) is 13.3. The Hall–Kier alpha value is -2.20. The number of aliphatic carboxylic acids is 1. The predicted molar refractivity (Wildman–Crippen MR) is 80.1 cm³/mol. The standard InChI is InChI=1S/C13H24N4O6/c1-6(2)10(13(22)23)17-11(20)7(3)16-9(19)4-15-12(21)8(14)5-18/h6-8,10,18H,4-5,14H2,1-3H3,(H,15,21)(H,16,19)(H,17,20)(H,22,23). The van der Waals surface area contributed by atoms with Crippen LogP contribution in [0.3, 0.4) is 0 Å². The highest BCUT2D eigenvalue weighted by Crippen LogP contribution is 2.02. The van der Waals surface area contributed by atoms with Gasteiger partial charge in [0.1, 0.15) is 18.1 Å². The number of hydrogen-bond acceptors (Lipinski definition) is 6. The average molecular weight is 332 g/mol. The van der Waals surface area contributed by atoms with Crippen molar-refractivity contribution in [1.29, 1.82) is 0 Å². The number of carboxylic acids is 1. The molecule has 3 atom stereocenters. The Kier molecular flexibility index (Phi) is 8.81. The molecule has 0 spiro atoms. The van der Waals surface area contributed by atoms with Gasteiger partial charge in [-0.1, -0.05) is 13.8 Å². The van der Waals surface area contributed by atoms with Gasteiger partial charge in [0.2, 0.25) is 17.7 Å². The normalized spacial score (nSPS) is 14.5. The molecule has 0 aliphatic carbocycles. The van der Waals surface area contributed by atoms with E-state index >= 15 is 0 Å². The molecule has 0 bridgehead atoms. The van der Waals surface area contributed by atoms with Crippen molar-refractivity contribution in [2.24, 2.45) is 11.7 Å². The molecule has 0 aliphatic heterocycles. The number of aliphatic hydroxyl groups is 1. The second kappa shape index (κ2) is 9.74. The fourth-order valence-corrected chi connectivity index (χ4v) is 1.53. The molecule has 132 valence electrons. The van der Waals surface area contributed by atoms with Crippen LogP contribution in [0.2, 0.25) is 0 Å². The van der Waals surface area contributed by atoms with E-state index in [1.54, 1.807) is 13.8 Å². The van der Waals surface area contributed by atoms with Crippen LogP contribution in [-0.2, 0) is 19.2 Å². The first kappa shape index (κ1) is 20.8. The summed E-state index contributed by atoms with van der Waals surface area (Å²) in [5.41, 5.74) is 5.25. The molecule has 0 radical (unpaired) electrons. The van der Waals surface area contributed by atoms with Crippen molar-refractivity contribution in [2.45, 2.75) is 38.9 Å². The van der Waals surface area contributed by atoms with Gasteiger partial charge in [-0.25, -0.2) is 4.79 Å². The summed E-state index contributed by atoms with van der Waals surface area (Å²) in [6.07, 6.45) is 0. The highest BCUT2D eigenvalue weighted by molar-refractivity contribution is 5.92. The van der Waals surface area contributed by atoms with Crippen LogP contribution in [-0.4, -0.2) is 65.2 Å². The van der Waals surface area contributed by atoms with E-state index in [4.69, 9.17) is 15.9 Å². The molecule has 0 aliphatic rings. The smallest absolute Gasteiger partial charge is 0.326 e. The third kappa shape index (κ3) is 7.56. The van der Waals surface area contributed by atoms with Gasteiger partial charge in [0.25, 0.3) is 0 Å². The molecule has 0 rings (SSSR count). The Balaban J connectivity index is 4.38. The van der Waals surface area contributed by atoms with Crippen molar-refractivity contribution in [3.8, 4) is 0 Å². The van der Waals surface area contributed by atoms with Gasteiger partial charge in [0, 0.05) is 0 Å². The third-order valence-corrected chi connectivity index (χ3v) is 2.96. The Morgan fingerprint density at radius 3 is 2.04 bits per heavy atom. The molecule has 10 heteroatoms. The molecular formula is C13H24N4O6. The molecule has 0 heterocycles. The number of aliphatic hydroxyl groups excluding tert-OH is 1. The van der Waals surface area contributed by atoms with Crippen LogP contribution in [0.4, 0.5) is 0 Å². The predicted octanol–water partition coefficient (Wildman–Crippen LogP) is -2.85. The number of hydrogen-bond donors (Lipinski definition) is 6. The lowest BCUT2D eigenvalue weighted by atomic mass is 10.0. The Labute approximate surface area is 133 Å². The molecule has 23 heavy (non-hydrogen) atoms. The highest BCUT2D eigenvalue weighted by Gasteiger charge is 2.26. The van der Waals surface area contributed by atoms with Crippen LogP contribution in [0.1, 0.15) is 20.8 Å². The van der Waals surface area contributed by atoms with Gasteiger partial charge in [-0.3, -0.25) is 14.4 Å². The maximum absolute atomic E-state index is 11.9. The molecule has 0 aromatic carbocycles.